The SMILES string of the molecule is Cc1cc(NCc2ccccc2Cl)nc(N2c3ccccc3CC2C)n1. The van der Waals surface area contributed by atoms with Gasteiger partial charge in [-0.3, -0.25) is 0 Å². The molecule has 3 aromatic rings. The van der Waals surface area contributed by atoms with Gasteiger partial charge in [-0.05, 0) is 43.5 Å². The Hall–Kier alpha value is -2.59. The largest absolute Gasteiger partial charge is 0.366 e. The predicted octanol–water partition coefficient (Wildman–Crippen LogP) is 5.13. The first kappa shape index (κ1) is 16.9. The molecule has 1 N–H and O–H groups in total. The quantitative estimate of drug-likeness (QED) is 0.696. The van der Waals surface area contributed by atoms with E-state index in [0.29, 0.717) is 12.6 Å². The highest BCUT2D eigenvalue weighted by molar-refractivity contribution is 6.31. The number of fused-ring (bicyclic) bond motifs is 1. The average molecular weight is 365 g/mol. The summed E-state index contributed by atoms with van der Waals surface area (Å²) in [5.41, 5.74) is 4.53. The molecule has 0 spiro atoms. The van der Waals surface area contributed by atoms with Crippen LogP contribution in [0.2, 0.25) is 5.02 Å². The molecule has 0 radical (unpaired) electrons. The molecule has 0 aliphatic carbocycles. The first-order chi connectivity index (χ1) is 12.6. The molecule has 1 aliphatic heterocycles. The normalized spacial score (nSPS) is 15.8. The lowest BCUT2D eigenvalue weighted by Gasteiger charge is -2.23. The zero-order chi connectivity index (χ0) is 18.1. The fraction of sp³-hybridized carbons (Fsp3) is 0.238. The fourth-order valence-corrected chi connectivity index (χ4v) is 3.65. The van der Waals surface area contributed by atoms with Crippen molar-refractivity contribution in [2.75, 3.05) is 10.2 Å². The maximum atomic E-state index is 6.25. The molecule has 4 rings (SSSR count). The summed E-state index contributed by atoms with van der Waals surface area (Å²) >= 11 is 6.25. The lowest BCUT2D eigenvalue weighted by molar-refractivity contribution is 0.738. The Morgan fingerprint density at radius 2 is 1.88 bits per heavy atom. The van der Waals surface area contributed by atoms with E-state index in [1.165, 1.54) is 11.3 Å². The van der Waals surface area contributed by atoms with Gasteiger partial charge in [-0.15, -0.1) is 0 Å². The smallest absolute Gasteiger partial charge is 0.232 e. The molecule has 1 aromatic heterocycles. The van der Waals surface area contributed by atoms with Crippen molar-refractivity contribution >= 4 is 29.1 Å². The number of aryl methyl sites for hydroxylation is 1. The summed E-state index contributed by atoms with van der Waals surface area (Å²) in [5, 5.41) is 4.14. The monoisotopic (exact) mass is 364 g/mol. The molecule has 4 nitrogen and oxygen atoms in total. The summed E-state index contributed by atoms with van der Waals surface area (Å²) in [4.78, 5) is 11.7. The summed E-state index contributed by atoms with van der Waals surface area (Å²) in [7, 11) is 0. The summed E-state index contributed by atoms with van der Waals surface area (Å²) in [6, 6.07) is 18.6. The molecule has 132 valence electrons. The van der Waals surface area contributed by atoms with Crippen molar-refractivity contribution in [2.24, 2.45) is 0 Å². The molecule has 0 saturated heterocycles. The third-order valence-electron chi connectivity index (χ3n) is 4.68. The molecule has 0 saturated carbocycles. The van der Waals surface area contributed by atoms with E-state index in [0.717, 1.165) is 34.5 Å². The molecular formula is C21H21ClN4. The van der Waals surface area contributed by atoms with Crippen molar-refractivity contribution < 1.29 is 0 Å². The second-order valence-electron chi connectivity index (χ2n) is 6.69. The lowest BCUT2D eigenvalue weighted by Crippen LogP contribution is -2.26. The second kappa shape index (κ2) is 6.96. The first-order valence-electron chi connectivity index (χ1n) is 8.82. The van der Waals surface area contributed by atoms with Crippen LogP contribution in [0.25, 0.3) is 0 Å². The molecule has 2 aromatic carbocycles. The van der Waals surface area contributed by atoms with E-state index in [4.69, 9.17) is 16.6 Å². The zero-order valence-electron chi connectivity index (χ0n) is 14.9. The minimum absolute atomic E-state index is 0.339. The zero-order valence-corrected chi connectivity index (χ0v) is 15.7. The van der Waals surface area contributed by atoms with Gasteiger partial charge in [0.05, 0.1) is 0 Å². The van der Waals surface area contributed by atoms with E-state index in [1.54, 1.807) is 0 Å². The number of nitrogens with one attached hydrogen (secondary N) is 1. The topological polar surface area (TPSA) is 41.1 Å². The van der Waals surface area contributed by atoms with Crippen LogP contribution in [-0.4, -0.2) is 16.0 Å². The van der Waals surface area contributed by atoms with E-state index < -0.39 is 0 Å². The van der Waals surface area contributed by atoms with Gasteiger partial charge in [0.2, 0.25) is 5.95 Å². The van der Waals surface area contributed by atoms with Crippen LogP contribution >= 0.6 is 11.6 Å². The van der Waals surface area contributed by atoms with Gasteiger partial charge in [0.1, 0.15) is 5.82 Å². The number of rotatable bonds is 4. The number of para-hydroxylation sites is 1. The van der Waals surface area contributed by atoms with E-state index >= 15 is 0 Å². The number of aromatic nitrogens is 2. The average Bonchev–Trinajstić information content (AvgIpc) is 2.96. The Labute approximate surface area is 158 Å². The van der Waals surface area contributed by atoms with Crippen molar-refractivity contribution in [1.82, 2.24) is 9.97 Å². The Balaban J connectivity index is 1.62. The number of benzene rings is 2. The fourth-order valence-electron chi connectivity index (χ4n) is 3.45. The van der Waals surface area contributed by atoms with Crippen molar-refractivity contribution in [2.45, 2.75) is 32.9 Å². The minimum atomic E-state index is 0.339. The van der Waals surface area contributed by atoms with Crippen LogP contribution in [0.3, 0.4) is 0 Å². The van der Waals surface area contributed by atoms with E-state index in [-0.39, 0.29) is 0 Å². The standard InChI is InChI=1S/C21H21ClN4/c1-14-11-20(23-13-17-8-3-5-9-18(17)22)25-21(24-14)26-15(2)12-16-7-4-6-10-19(16)26/h3-11,15H,12-13H2,1-2H3,(H,23,24,25). The number of hydrogen-bond acceptors (Lipinski definition) is 4. The number of halogens is 1. The highest BCUT2D eigenvalue weighted by Gasteiger charge is 2.28. The van der Waals surface area contributed by atoms with Crippen LogP contribution in [0.15, 0.2) is 54.6 Å². The van der Waals surface area contributed by atoms with Crippen LogP contribution in [-0.2, 0) is 13.0 Å². The van der Waals surface area contributed by atoms with Gasteiger partial charge in [0, 0.05) is 35.1 Å². The lowest BCUT2D eigenvalue weighted by atomic mass is 10.1. The molecule has 1 unspecified atom stereocenters. The maximum absolute atomic E-state index is 6.25. The Kier molecular flexibility index (Phi) is 4.51. The van der Waals surface area contributed by atoms with Crippen LogP contribution < -0.4 is 10.2 Å². The molecule has 26 heavy (non-hydrogen) atoms. The molecule has 1 aliphatic rings. The Morgan fingerprint density at radius 1 is 1.12 bits per heavy atom. The number of nitrogens with zero attached hydrogens (tertiary/aromatic N) is 3. The number of hydrogen-bond donors (Lipinski definition) is 1. The third kappa shape index (κ3) is 3.25. The Bertz CT molecular complexity index is 941. The molecule has 2 heterocycles. The maximum Gasteiger partial charge on any atom is 0.232 e. The van der Waals surface area contributed by atoms with Gasteiger partial charge in [-0.2, -0.15) is 4.98 Å². The first-order valence-corrected chi connectivity index (χ1v) is 9.20. The van der Waals surface area contributed by atoms with Crippen molar-refractivity contribution in [1.29, 1.82) is 0 Å². The van der Waals surface area contributed by atoms with Crippen molar-refractivity contribution in [3.63, 3.8) is 0 Å². The van der Waals surface area contributed by atoms with Crippen LogP contribution in [0.1, 0.15) is 23.7 Å². The van der Waals surface area contributed by atoms with E-state index in [9.17, 15) is 0 Å². The summed E-state index contributed by atoms with van der Waals surface area (Å²) in [5.74, 6) is 1.55. The molecule has 1 atom stereocenters. The van der Waals surface area contributed by atoms with E-state index in [2.05, 4.69) is 46.4 Å². The third-order valence-corrected chi connectivity index (χ3v) is 5.05. The van der Waals surface area contributed by atoms with Gasteiger partial charge >= 0.3 is 0 Å². The second-order valence-corrected chi connectivity index (χ2v) is 7.10. The van der Waals surface area contributed by atoms with Gasteiger partial charge in [0.15, 0.2) is 0 Å². The van der Waals surface area contributed by atoms with Gasteiger partial charge in [0.25, 0.3) is 0 Å². The van der Waals surface area contributed by atoms with Crippen LogP contribution in [0.5, 0.6) is 0 Å². The minimum Gasteiger partial charge on any atom is -0.366 e. The number of anilines is 3. The van der Waals surface area contributed by atoms with Crippen LogP contribution in [0.4, 0.5) is 17.5 Å². The predicted molar refractivity (Wildman–Crippen MR) is 107 cm³/mol. The highest BCUT2D eigenvalue weighted by atomic mass is 35.5. The molecule has 0 fully saturated rings. The van der Waals surface area contributed by atoms with Crippen molar-refractivity contribution in [3.8, 4) is 0 Å². The molecular weight excluding hydrogens is 344 g/mol. The Morgan fingerprint density at radius 3 is 2.73 bits per heavy atom. The van der Waals surface area contributed by atoms with Crippen molar-refractivity contribution in [3.05, 3.63) is 76.4 Å². The van der Waals surface area contributed by atoms with Gasteiger partial charge in [-0.1, -0.05) is 48.0 Å². The summed E-state index contributed by atoms with van der Waals surface area (Å²) in [6.45, 7) is 4.84. The van der Waals surface area contributed by atoms with Gasteiger partial charge < -0.3 is 10.2 Å². The molecule has 0 bridgehead atoms. The van der Waals surface area contributed by atoms with Gasteiger partial charge in [-0.25, -0.2) is 4.98 Å². The summed E-state index contributed by atoms with van der Waals surface area (Å²) < 4.78 is 0. The highest BCUT2D eigenvalue weighted by Crippen LogP contribution is 2.36. The van der Waals surface area contributed by atoms with E-state index in [1.807, 2.05) is 37.3 Å². The molecule has 5 heteroatoms. The van der Waals surface area contributed by atoms with Crippen LogP contribution in [0, 0.1) is 6.92 Å². The summed E-state index contributed by atoms with van der Waals surface area (Å²) in [6.07, 6.45) is 1.01. The molecule has 0 amide bonds.